The highest BCUT2D eigenvalue weighted by molar-refractivity contribution is 7.16. The quantitative estimate of drug-likeness (QED) is 0.801. The summed E-state index contributed by atoms with van der Waals surface area (Å²) in [5.41, 5.74) is 7.51. The fraction of sp³-hybridized carbons (Fsp3) is 0.0909. The van der Waals surface area contributed by atoms with E-state index in [1.807, 2.05) is 0 Å². The van der Waals surface area contributed by atoms with Crippen LogP contribution in [-0.4, -0.2) is 29.5 Å². The van der Waals surface area contributed by atoms with Crippen molar-refractivity contribution in [3.8, 4) is 0 Å². The van der Waals surface area contributed by atoms with Crippen molar-refractivity contribution in [3.63, 3.8) is 0 Å². The van der Waals surface area contributed by atoms with Crippen LogP contribution >= 0.6 is 11.3 Å². The summed E-state index contributed by atoms with van der Waals surface area (Å²) in [5.74, 6) is -1.44. The molecule has 8 heteroatoms. The van der Waals surface area contributed by atoms with Crippen LogP contribution in [0, 0.1) is 0 Å². The minimum Gasteiger partial charge on any atom is -0.452 e. The number of aromatic nitrogens is 1. The number of nitrogens with zero attached hydrogens (tertiary/aromatic N) is 1. The molecule has 1 aromatic heterocycles. The molecule has 0 atom stereocenters. The summed E-state index contributed by atoms with van der Waals surface area (Å²) < 4.78 is 5.59. The molecule has 0 saturated carbocycles. The van der Waals surface area contributed by atoms with E-state index in [1.54, 1.807) is 29.0 Å². The second-order valence-corrected chi connectivity index (χ2v) is 4.41. The average Bonchev–Trinajstić information content (AvgIpc) is 2.82. The maximum Gasteiger partial charge on any atom is 0.338 e. The Bertz CT molecular complexity index is 652. The standard InChI is InChI=1S/C11H9N3O4S/c12-11(17)14-9(15)4-18-10(16)6-1-2-7-8(3-6)19-5-13-7/h1-3,5H,4H2,(H3,12,14,15,17). The fourth-order valence-electron chi connectivity index (χ4n) is 1.37. The highest BCUT2D eigenvalue weighted by Gasteiger charge is 2.12. The van der Waals surface area contributed by atoms with E-state index in [9.17, 15) is 14.4 Å². The minimum atomic E-state index is -0.993. The Hall–Kier alpha value is -2.48. The molecule has 1 heterocycles. The van der Waals surface area contributed by atoms with Gasteiger partial charge in [0.15, 0.2) is 6.61 Å². The second kappa shape index (κ2) is 5.44. The number of nitrogens with two attached hydrogens (primary N) is 1. The number of hydrogen-bond donors (Lipinski definition) is 2. The number of esters is 1. The number of primary amides is 1. The number of ether oxygens (including phenoxy) is 1. The molecule has 0 aliphatic heterocycles. The molecular formula is C11H9N3O4S. The lowest BCUT2D eigenvalue weighted by molar-refractivity contribution is -0.123. The number of rotatable bonds is 3. The summed E-state index contributed by atoms with van der Waals surface area (Å²) in [6.45, 7) is -0.567. The molecule has 0 saturated heterocycles. The normalized spacial score (nSPS) is 10.1. The molecule has 3 amide bonds. The monoisotopic (exact) mass is 279 g/mol. The number of carbonyl (C=O) groups excluding carboxylic acids is 3. The van der Waals surface area contributed by atoms with Gasteiger partial charge in [-0.2, -0.15) is 0 Å². The molecule has 2 rings (SSSR count). The number of hydrogen-bond acceptors (Lipinski definition) is 6. The first kappa shape index (κ1) is 13.0. The van der Waals surface area contributed by atoms with Crippen molar-refractivity contribution in [3.05, 3.63) is 29.3 Å². The zero-order valence-electron chi connectivity index (χ0n) is 9.58. The summed E-state index contributed by atoms with van der Waals surface area (Å²) in [6.07, 6.45) is 0. The number of fused-ring (bicyclic) bond motifs is 1. The SMILES string of the molecule is NC(=O)NC(=O)COC(=O)c1ccc2ncsc2c1. The van der Waals surface area contributed by atoms with Gasteiger partial charge in [0.05, 0.1) is 21.3 Å². The Balaban J connectivity index is 1.99. The van der Waals surface area contributed by atoms with E-state index >= 15 is 0 Å². The van der Waals surface area contributed by atoms with Crippen LogP contribution in [0.5, 0.6) is 0 Å². The van der Waals surface area contributed by atoms with Crippen molar-refractivity contribution >= 4 is 39.5 Å². The van der Waals surface area contributed by atoms with Crippen molar-refractivity contribution in [2.24, 2.45) is 5.73 Å². The van der Waals surface area contributed by atoms with Crippen molar-refractivity contribution in [2.45, 2.75) is 0 Å². The molecule has 0 fully saturated rings. The Morgan fingerprint density at radius 2 is 2.16 bits per heavy atom. The van der Waals surface area contributed by atoms with Crippen molar-refractivity contribution in [1.82, 2.24) is 10.3 Å². The Labute approximate surface area is 111 Å². The number of carbonyl (C=O) groups is 3. The molecule has 3 N–H and O–H groups in total. The van der Waals surface area contributed by atoms with E-state index in [0.717, 1.165) is 10.2 Å². The van der Waals surface area contributed by atoms with Crippen LogP contribution in [0.25, 0.3) is 10.2 Å². The number of nitrogens with one attached hydrogen (secondary N) is 1. The van der Waals surface area contributed by atoms with E-state index in [2.05, 4.69) is 4.98 Å². The third-order valence-corrected chi connectivity index (χ3v) is 2.96. The molecule has 19 heavy (non-hydrogen) atoms. The summed E-state index contributed by atoms with van der Waals surface area (Å²) >= 11 is 1.39. The Morgan fingerprint density at radius 3 is 2.89 bits per heavy atom. The number of benzene rings is 1. The van der Waals surface area contributed by atoms with E-state index in [0.29, 0.717) is 5.56 Å². The van der Waals surface area contributed by atoms with Crippen LogP contribution < -0.4 is 11.1 Å². The fourth-order valence-corrected chi connectivity index (χ4v) is 2.09. The highest BCUT2D eigenvalue weighted by Crippen LogP contribution is 2.19. The van der Waals surface area contributed by atoms with Crippen LogP contribution in [0.3, 0.4) is 0 Å². The molecule has 0 aliphatic rings. The first-order valence-corrected chi connectivity index (χ1v) is 6.04. The molecule has 0 spiro atoms. The van der Waals surface area contributed by atoms with Gasteiger partial charge in [0, 0.05) is 0 Å². The van der Waals surface area contributed by atoms with Gasteiger partial charge in [-0.25, -0.2) is 14.6 Å². The number of imide groups is 1. The molecule has 1 aromatic carbocycles. The zero-order valence-corrected chi connectivity index (χ0v) is 10.4. The predicted molar refractivity (Wildman–Crippen MR) is 67.6 cm³/mol. The number of urea groups is 1. The summed E-state index contributed by atoms with van der Waals surface area (Å²) in [6, 6.07) is 3.87. The number of thiazole rings is 1. The first-order valence-electron chi connectivity index (χ1n) is 5.16. The molecule has 98 valence electrons. The number of amides is 3. The van der Waals surface area contributed by atoms with Gasteiger partial charge in [0.2, 0.25) is 0 Å². The van der Waals surface area contributed by atoms with Gasteiger partial charge in [-0.15, -0.1) is 11.3 Å². The molecule has 0 unspecified atom stereocenters. The molecular weight excluding hydrogens is 270 g/mol. The van der Waals surface area contributed by atoms with E-state index in [-0.39, 0.29) is 0 Å². The van der Waals surface area contributed by atoms with Gasteiger partial charge >= 0.3 is 12.0 Å². The van der Waals surface area contributed by atoms with Gasteiger partial charge in [0.1, 0.15) is 0 Å². The van der Waals surface area contributed by atoms with Crippen LogP contribution in [0.1, 0.15) is 10.4 Å². The Kier molecular flexibility index (Phi) is 3.71. The lowest BCUT2D eigenvalue weighted by Crippen LogP contribution is -2.37. The van der Waals surface area contributed by atoms with Gasteiger partial charge < -0.3 is 10.5 Å². The van der Waals surface area contributed by atoms with E-state index in [4.69, 9.17) is 10.5 Å². The smallest absolute Gasteiger partial charge is 0.338 e. The van der Waals surface area contributed by atoms with Gasteiger partial charge in [-0.3, -0.25) is 10.1 Å². The maximum atomic E-state index is 11.7. The van der Waals surface area contributed by atoms with Crippen molar-refractivity contribution in [2.75, 3.05) is 6.61 Å². The lowest BCUT2D eigenvalue weighted by atomic mass is 10.2. The lowest BCUT2D eigenvalue weighted by Gasteiger charge is -2.04. The zero-order chi connectivity index (χ0) is 13.8. The third-order valence-electron chi connectivity index (χ3n) is 2.16. The topological polar surface area (TPSA) is 111 Å². The average molecular weight is 279 g/mol. The van der Waals surface area contributed by atoms with E-state index < -0.39 is 24.5 Å². The van der Waals surface area contributed by atoms with Crippen LogP contribution in [0.2, 0.25) is 0 Å². The van der Waals surface area contributed by atoms with Crippen LogP contribution in [0.15, 0.2) is 23.7 Å². The molecule has 7 nitrogen and oxygen atoms in total. The Morgan fingerprint density at radius 1 is 1.37 bits per heavy atom. The molecule has 0 radical (unpaired) electrons. The minimum absolute atomic E-state index is 0.309. The van der Waals surface area contributed by atoms with Crippen LogP contribution in [-0.2, 0) is 9.53 Å². The molecule has 0 aliphatic carbocycles. The van der Waals surface area contributed by atoms with E-state index in [1.165, 1.54) is 11.3 Å². The third kappa shape index (κ3) is 3.26. The van der Waals surface area contributed by atoms with Crippen LogP contribution in [0.4, 0.5) is 4.79 Å². The largest absolute Gasteiger partial charge is 0.452 e. The van der Waals surface area contributed by atoms with Gasteiger partial charge in [-0.05, 0) is 18.2 Å². The second-order valence-electron chi connectivity index (χ2n) is 3.52. The summed E-state index contributed by atoms with van der Waals surface area (Å²) in [4.78, 5) is 37.2. The van der Waals surface area contributed by atoms with Crippen molar-refractivity contribution in [1.29, 1.82) is 0 Å². The first-order chi connectivity index (χ1) is 9.06. The van der Waals surface area contributed by atoms with Gasteiger partial charge in [0.25, 0.3) is 5.91 Å². The van der Waals surface area contributed by atoms with Gasteiger partial charge in [-0.1, -0.05) is 0 Å². The molecule has 0 bridgehead atoms. The summed E-state index contributed by atoms with van der Waals surface area (Å²) in [7, 11) is 0. The maximum absolute atomic E-state index is 11.7. The summed E-state index contributed by atoms with van der Waals surface area (Å²) in [5, 5.41) is 1.79. The predicted octanol–water partition coefficient (Wildman–Crippen LogP) is 0.648. The molecule has 2 aromatic rings. The van der Waals surface area contributed by atoms with Crippen molar-refractivity contribution < 1.29 is 19.1 Å². The highest BCUT2D eigenvalue weighted by atomic mass is 32.1.